The van der Waals surface area contributed by atoms with E-state index in [4.69, 9.17) is 21.7 Å². The minimum atomic E-state index is -4.84. The number of thiocarbonyl (C=S) groups is 1. The number of hydrogen-bond donors (Lipinski definition) is 0. The average molecular weight is 534 g/mol. The van der Waals surface area contributed by atoms with E-state index >= 15 is 0 Å². The lowest BCUT2D eigenvalue weighted by atomic mass is 9.99. The molecule has 0 N–H and O–H groups in total. The average Bonchev–Trinajstić information content (AvgIpc) is 2.90. The molecule has 194 valence electrons. The van der Waals surface area contributed by atoms with Crippen molar-refractivity contribution in [3.05, 3.63) is 29.3 Å². The predicted octanol–water partition coefficient (Wildman–Crippen LogP) is 5.20. The Kier molecular flexibility index (Phi) is 8.31. The molecule has 0 spiro atoms. The number of alkyl halides is 3. The van der Waals surface area contributed by atoms with E-state index in [2.05, 4.69) is 0 Å². The Bertz CT molecular complexity index is 1140. The minimum absolute atomic E-state index is 0.0960. The number of amides is 1. The molecule has 1 aliphatic heterocycles. The second kappa shape index (κ2) is 10.0. The Balaban J connectivity index is 2.59. The van der Waals surface area contributed by atoms with Crippen LogP contribution in [0.2, 0.25) is 0 Å². The van der Waals surface area contributed by atoms with Crippen LogP contribution < -0.4 is 4.90 Å². The van der Waals surface area contributed by atoms with Gasteiger partial charge < -0.3 is 4.90 Å². The molecule has 1 aromatic carbocycles. The summed E-state index contributed by atoms with van der Waals surface area (Å²) in [5.41, 5.74) is -3.96. The van der Waals surface area contributed by atoms with E-state index in [1.165, 1.54) is 30.9 Å². The molecule has 0 aliphatic carbocycles. The van der Waals surface area contributed by atoms with Gasteiger partial charge in [-0.15, -0.1) is 0 Å². The topological polar surface area (TPSA) is 90.7 Å². The SMILES string of the molecule is CCCCC(N1C(=S)N(c2ccc(C#N)c(C(F)(F)F)c2)C(=O)C1(C)C)S(=O)(=O)OCC(C)(C)C. The number of anilines is 1. The third kappa shape index (κ3) is 6.13. The number of carbonyl (C=O) groups is 1. The van der Waals surface area contributed by atoms with Crippen LogP contribution in [0.4, 0.5) is 18.9 Å². The van der Waals surface area contributed by atoms with Crippen molar-refractivity contribution in [2.24, 2.45) is 5.41 Å². The molecule has 0 bridgehead atoms. The smallest absolute Gasteiger partial charge is 0.315 e. The van der Waals surface area contributed by atoms with Gasteiger partial charge in [-0.05, 0) is 56.1 Å². The van der Waals surface area contributed by atoms with Crippen molar-refractivity contribution in [1.29, 1.82) is 5.26 Å². The van der Waals surface area contributed by atoms with E-state index in [9.17, 15) is 26.4 Å². The van der Waals surface area contributed by atoms with E-state index in [0.29, 0.717) is 18.9 Å². The van der Waals surface area contributed by atoms with Crippen LogP contribution in [0.3, 0.4) is 0 Å². The molecule has 0 saturated carbocycles. The molecule has 7 nitrogen and oxygen atoms in total. The molecular formula is C23H30F3N3O4S2. The number of unbranched alkanes of at least 4 members (excludes halogenated alkanes) is 1. The lowest BCUT2D eigenvalue weighted by molar-refractivity contribution is -0.137. The zero-order valence-electron chi connectivity index (χ0n) is 20.6. The van der Waals surface area contributed by atoms with Crippen LogP contribution >= 0.6 is 12.2 Å². The summed E-state index contributed by atoms with van der Waals surface area (Å²) in [6.45, 7) is 10.1. The fourth-order valence-electron chi connectivity index (χ4n) is 3.64. The monoisotopic (exact) mass is 533 g/mol. The van der Waals surface area contributed by atoms with E-state index < -0.39 is 49.7 Å². The fourth-order valence-corrected chi connectivity index (χ4v) is 6.01. The van der Waals surface area contributed by atoms with Crippen molar-refractivity contribution in [3.8, 4) is 6.07 Å². The summed E-state index contributed by atoms with van der Waals surface area (Å²) >= 11 is 5.49. The summed E-state index contributed by atoms with van der Waals surface area (Å²) in [6, 6.07) is 4.31. The lowest BCUT2D eigenvalue weighted by Crippen LogP contribution is -2.53. The second-order valence-electron chi connectivity index (χ2n) is 10.1. The molecule has 1 unspecified atom stereocenters. The molecule has 1 saturated heterocycles. The predicted molar refractivity (Wildman–Crippen MR) is 130 cm³/mol. The van der Waals surface area contributed by atoms with Crippen LogP contribution in [-0.4, -0.2) is 41.9 Å². The van der Waals surface area contributed by atoms with Gasteiger partial charge in [-0.3, -0.25) is 13.9 Å². The molecule has 0 radical (unpaired) electrons. The van der Waals surface area contributed by atoms with Gasteiger partial charge in [-0.2, -0.15) is 26.9 Å². The van der Waals surface area contributed by atoms with Gasteiger partial charge in [0, 0.05) is 0 Å². The van der Waals surface area contributed by atoms with Gasteiger partial charge in [-0.25, -0.2) is 0 Å². The minimum Gasteiger partial charge on any atom is -0.315 e. The summed E-state index contributed by atoms with van der Waals surface area (Å²) < 4.78 is 72.5. The largest absolute Gasteiger partial charge is 0.417 e. The zero-order valence-corrected chi connectivity index (χ0v) is 22.2. The highest BCUT2D eigenvalue weighted by Crippen LogP contribution is 2.40. The molecule has 1 fully saturated rings. The molecular weight excluding hydrogens is 503 g/mol. The van der Waals surface area contributed by atoms with Crippen LogP contribution in [0.1, 0.15) is 71.9 Å². The summed E-state index contributed by atoms with van der Waals surface area (Å²) in [5, 5.41) is 7.51. The first kappa shape index (κ1) is 29.0. The number of nitrogens with zero attached hydrogens (tertiary/aromatic N) is 3. The van der Waals surface area contributed by atoms with Crippen molar-refractivity contribution in [1.82, 2.24) is 4.90 Å². The molecule has 1 amide bonds. The lowest BCUT2D eigenvalue weighted by Gasteiger charge is -2.36. The maximum absolute atomic E-state index is 13.5. The highest BCUT2D eigenvalue weighted by atomic mass is 32.2. The maximum Gasteiger partial charge on any atom is 0.417 e. The number of benzene rings is 1. The van der Waals surface area contributed by atoms with Gasteiger partial charge in [-0.1, -0.05) is 40.5 Å². The van der Waals surface area contributed by atoms with E-state index in [1.54, 1.807) is 0 Å². The number of rotatable bonds is 8. The van der Waals surface area contributed by atoms with Crippen molar-refractivity contribution in [2.75, 3.05) is 11.5 Å². The highest BCUT2D eigenvalue weighted by molar-refractivity contribution is 7.87. The summed E-state index contributed by atoms with van der Waals surface area (Å²) in [6.07, 6.45) is -3.58. The van der Waals surface area contributed by atoms with Crippen molar-refractivity contribution in [2.45, 2.75) is 77.9 Å². The quantitative estimate of drug-likeness (QED) is 0.335. The van der Waals surface area contributed by atoms with Gasteiger partial charge in [0.05, 0.1) is 29.5 Å². The first-order valence-corrected chi connectivity index (χ1v) is 12.9. The second-order valence-corrected chi connectivity index (χ2v) is 12.2. The van der Waals surface area contributed by atoms with Crippen LogP contribution in [0, 0.1) is 16.7 Å². The van der Waals surface area contributed by atoms with Gasteiger partial charge in [0.1, 0.15) is 5.54 Å². The standard InChI is InChI=1S/C23H30F3N3O4S2/c1-7-8-9-18(35(31,32)33-14-21(2,3)4)29-20(34)28(19(30)22(29,5)6)16-11-10-15(13-27)17(12-16)23(24,25)26/h10-12,18H,7-9,14H2,1-6H3. The molecule has 1 atom stereocenters. The van der Waals surface area contributed by atoms with Crippen LogP contribution in [0.25, 0.3) is 0 Å². The molecule has 1 aromatic rings. The fraction of sp³-hybridized carbons (Fsp3) is 0.609. The van der Waals surface area contributed by atoms with Gasteiger partial charge in [0.2, 0.25) is 0 Å². The van der Waals surface area contributed by atoms with E-state index in [1.807, 2.05) is 27.7 Å². The van der Waals surface area contributed by atoms with Gasteiger partial charge in [0.15, 0.2) is 10.5 Å². The third-order valence-electron chi connectivity index (χ3n) is 5.50. The number of halogens is 3. The van der Waals surface area contributed by atoms with Crippen LogP contribution in [-0.2, 0) is 25.3 Å². The molecule has 0 aromatic heterocycles. The molecule has 2 rings (SSSR count). The van der Waals surface area contributed by atoms with Gasteiger partial charge in [0.25, 0.3) is 16.0 Å². The normalized spacial score (nSPS) is 17.6. The summed E-state index contributed by atoms with van der Waals surface area (Å²) in [4.78, 5) is 15.5. The maximum atomic E-state index is 13.5. The third-order valence-corrected chi connectivity index (χ3v) is 7.43. The first-order chi connectivity index (χ1) is 15.9. The van der Waals surface area contributed by atoms with Crippen LogP contribution in [0.15, 0.2) is 18.2 Å². The number of nitriles is 1. The number of hydrogen-bond acceptors (Lipinski definition) is 6. The van der Waals surface area contributed by atoms with Crippen molar-refractivity contribution < 1.29 is 30.6 Å². The van der Waals surface area contributed by atoms with Crippen molar-refractivity contribution >= 4 is 39.0 Å². The Morgan fingerprint density at radius 2 is 1.83 bits per heavy atom. The van der Waals surface area contributed by atoms with Gasteiger partial charge >= 0.3 is 6.18 Å². The molecule has 1 heterocycles. The number of carbonyl (C=O) groups excluding carboxylic acids is 1. The first-order valence-electron chi connectivity index (χ1n) is 11.1. The van der Waals surface area contributed by atoms with Crippen LogP contribution in [0.5, 0.6) is 0 Å². The molecule has 35 heavy (non-hydrogen) atoms. The highest BCUT2D eigenvalue weighted by Gasteiger charge is 2.55. The summed E-state index contributed by atoms with van der Waals surface area (Å²) in [5.74, 6) is -0.687. The summed E-state index contributed by atoms with van der Waals surface area (Å²) in [7, 11) is -4.25. The Labute approximate surface area is 210 Å². The Morgan fingerprint density at radius 3 is 2.31 bits per heavy atom. The zero-order chi connectivity index (χ0) is 27.0. The van der Waals surface area contributed by atoms with E-state index in [-0.39, 0.29) is 23.8 Å². The van der Waals surface area contributed by atoms with E-state index in [0.717, 1.165) is 11.0 Å². The Morgan fingerprint density at radius 1 is 1.23 bits per heavy atom. The van der Waals surface area contributed by atoms with Crippen molar-refractivity contribution in [3.63, 3.8) is 0 Å². The Hall–Kier alpha value is -2.23. The molecule has 1 aliphatic rings. The molecule has 12 heteroatoms.